The first kappa shape index (κ1) is 17.9. The van der Waals surface area contributed by atoms with Crippen LogP contribution in [-0.4, -0.2) is 29.0 Å². The number of carbonyl (C=O) groups excluding carboxylic acids is 2. The van der Waals surface area contributed by atoms with Crippen molar-refractivity contribution in [2.45, 2.75) is 26.2 Å². The summed E-state index contributed by atoms with van der Waals surface area (Å²) in [6.45, 7) is 1.71. The van der Waals surface area contributed by atoms with Crippen molar-refractivity contribution < 1.29 is 14.3 Å². The van der Waals surface area contributed by atoms with E-state index in [0.29, 0.717) is 26.3 Å². The molecule has 1 amide bonds. The number of esters is 1. The van der Waals surface area contributed by atoms with E-state index in [4.69, 9.17) is 16.3 Å². The number of nitrogens with one attached hydrogen (secondary N) is 1. The van der Waals surface area contributed by atoms with Gasteiger partial charge in [-0.2, -0.15) is 0 Å². The van der Waals surface area contributed by atoms with Gasteiger partial charge < -0.3 is 4.74 Å². The van der Waals surface area contributed by atoms with Gasteiger partial charge in [-0.1, -0.05) is 22.9 Å². The van der Waals surface area contributed by atoms with Gasteiger partial charge in [0, 0.05) is 16.1 Å². The molecule has 0 atom stereocenters. The number of nitrogens with zero attached hydrogens (tertiary/aromatic N) is 2. The highest BCUT2D eigenvalue weighted by molar-refractivity contribution is 7.17. The lowest BCUT2D eigenvalue weighted by Crippen LogP contribution is -2.15. The number of thiazole rings is 1. The SMILES string of the molecule is COC(=O)c1sc(NC(=O)c2c3c(nc4ccc(Cl)cc24)CCC3)nc1C. The average Bonchev–Trinajstić information content (AvgIpc) is 3.24. The van der Waals surface area contributed by atoms with Crippen LogP contribution in [0.15, 0.2) is 18.2 Å². The molecule has 0 spiro atoms. The molecule has 0 bridgehead atoms. The number of amides is 1. The maximum atomic E-state index is 13.1. The number of halogens is 1. The van der Waals surface area contributed by atoms with Crippen LogP contribution in [0, 0.1) is 6.92 Å². The summed E-state index contributed by atoms with van der Waals surface area (Å²) in [6, 6.07) is 5.37. The summed E-state index contributed by atoms with van der Waals surface area (Å²) < 4.78 is 4.75. The lowest BCUT2D eigenvalue weighted by molar-refractivity contribution is 0.0605. The van der Waals surface area contributed by atoms with Crippen LogP contribution < -0.4 is 5.32 Å². The normalized spacial score (nSPS) is 12.9. The Kier molecular flexibility index (Phi) is 4.57. The van der Waals surface area contributed by atoms with Crippen molar-refractivity contribution in [3.8, 4) is 0 Å². The van der Waals surface area contributed by atoms with Crippen LogP contribution in [0.5, 0.6) is 0 Å². The monoisotopic (exact) mass is 401 g/mol. The first-order valence-corrected chi connectivity index (χ1v) is 9.65. The third-order valence-electron chi connectivity index (χ3n) is 4.59. The number of carbonyl (C=O) groups is 2. The number of aromatic nitrogens is 2. The van der Waals surface area contributed by atoms with Crippen molar-refractivity contribution in [2.24, 2.45) is 0 Å². The number of anilines is 1. The Hall–Kier alpha value is -2.51. The molecule has 3 aromatic rings. The van der Waals surface area contributed by atoms with E-state index < -0.39 is 5.97 Å². The van der Waals surface area contributed by atoms with Gasteiger partial charge in [0.1, 0.15) is 4.88 Å². The maximum absolute atomic E-state index is 13.1. The zero-order chi connectivity index (χ0) is 19.1. The molecule has 1 aliphatic carbocycles. The zero-order valence-electron chi connectivity index (χ0n) is 14.8. The summed E-state index contributed by atoms with van der Waals surface area (Å²) in [6.07, 6.45) is 2.63. The van der Waals surface area contributed by atoms with Gasteiger partial charge in [0.25, 0.3) is 5.91 Å². The molecule has 6 nitrogen and oxygen atoms in total. The van der Waals surface area contributed by atoms with E-state index >= 15 is 0 Å². The summed E-state index contributed by atoms with van der Waals surface area (Å²) >= 11 is 7.26. The van der Waals surface area contributed by atoms with Gasteiger partial charge in [-0.05, 0) is 49.9 Å². The highest BCUT2D eigenvalue weighted by Crippen LogP contribution is 2.32. The maximum Gasteiger partial charge on any atom is 0.350 e. The molecule has 1 N–H and O–H groups in total. The number of methoxy groups -OCH3 is 1. The summed E-state index contributed by atoms with van der Waals surface area (Å²) in [5.74, 6) is -0.736. The van der Waals surface area contributed by atoms with Crippen LogP contribution in [0.2, 0.25) is 5.02 Å². The highest BCUT2D eigenvalue weighted by atomic mass is 35.5. The molecule has 0 radical (unpaired) electrons. The molecule has 0 unspecified atom stereocenters. The van der Waals surface area contributed by atoms with E-state index in [1.54, 1.807) is 19.1 Å². The van der Waals surface area contributed by atoms with E-state index in [0.717, 1.165) is 52.8 Å². The number of pyridine rings is 1. The topological polar surface area (TPSA) is 81.2 Å². The van der Waals surface area contributed by atoms with Gasteiger partial charge in [0.05, 0.1) is 23.9 Å². The summed E-state index contributed by atoms with van der Waals surface area (Å²) in [5, 5.41) is 4.46. The molecule has 138 valence electrons. The lowest BCUT2D eigenvalue weighted by Gasteiger charge is -2.12. The third kappa shape index (κ3) is 3.17. The summed E-state index contributed by atoms with van der Waals surface area (Å²) in [7, 11) is 1.32. The fourth-order valence-corrected chi connectivity index (χ4v) is 4.44. The minimum Gasteiger partial charge on any atom is -0.465 e. The van der Waals surface area contributed by atoms with Crippen molar-refractivity contribution in [1.82, 2.24) is 9.97 Å². The van der Waals surface area contributed by atoms with Crippen LogP contribution in [0.1, 0.15) is 43.4 Å². The Morgan fingerprint density at radius 2 is 2.07 bits per heavy atom. The molecule has 0 saturated heterocycles. The molecule has 8 heteroatoms. The van der Waals surface area contributed by atoms with Crippen LogP contribution in [0.25, 0.3) is 10.9 Å². The van der Waals surface area contributed by atoms with E-state index in [1.165, 1.54) is 7.11 Å². The van der Waals surface area contributed by atoms with Crippen LogP contribution in [-0.2, 0) is 17.6 Å². The molecule has 4 rings (SSSR count). The Bertz CT molecular complexity index is 1090. The smallest absolute Gasteiger partial charge is 0.350 e. The predicted molar refractivity (Wildman–Crippen MR) is 105 cm³/mol. The number of ether oxygens (including phenoxy) is 1. The molecule has 0 saturated carbocycles. The van der Waals surface area contributed by atoms with Crippen molar-refractivity contribution in [1.29, 1.82) is 0 Å². The highest BCUT2D eigenvalue weighted by Gasteiger charge is 2.25. The Labute approximate surface area is 164 Å². The second-order valence-corrected chi connectivity index (χ2v) is 7.74. The fourth-order valence-electron chi connectivity index (χ4n) is 3.39. The lowest BCUT2D eigenvalue weighted by atomic mass is 10.0. The molecule has 27 heavy (non-hydrogen) atoms. The number of hydrogen-bond acceptors (Lipinski definition) is 6. The van der Waals surface area contributed by atoms with Crippen molar-refractivity contribution in [3.63, 3.8) is 0 Å². The van der Waals surface area contributed by atoms with Gasteiger partial charge in [0.2, 0.25) is 0 Å². The predicted octanol–water partition coefficient (Wildman–Crippen LogP) is 4.18. The van der Waals surface area contributed by atoms with E-state index in [9.17, 15) is 9.59 Å². The molecule has 2 aromatic heterocycles. The Morgan fingerprint density at radius 1 is 1.26 bits per heavy atom. The van der Waals surface area contributed by atoms with Crippen molar-refractivity contribution in [3.05, 3.63) is 50.6 Å². The molecular formula is C19H16ClN3O3S. The molecule has 0 aliphatic heterocycles. The number of rotatable bonds is 3. The zero-order valence-corrected chi connectivity index (χ0v) is 16.3. The largest absolute Gasteiger partial charge is 0.465 e. The number of benzene rings is 1. The van der Waals surface area contributed by atoms with Gasteiger partial charge in [-0.3, -0.25) is 15.1 Å². The van der Waals surface area contributed by atoms with Crippen molar-refractivity contribution in [2.75, 3.05) is 12.4 Å². The molecule has 1 aliphatic rings. The van der Waals surface area contributed by atoms with E-state index in [1.807, 2.05) is 6.07 Å². The molecule has 0 fully saturated rings. The van der Waals surface area contributed by atoms with Gasteiger partial charge in [-0.15, -0.1) is 0 Å². The number of aryl methyl sites for hydroxylation is 2. The summed E-state index contributed by atoms with van der Waals surface area (Å²) in [4.78, 5) is 34.3. The Balaban J connectivity index is 1.77. The molecular weight excluding hydrogens is 386 g/mol. The average molecular weight is 402 g/mol. The second kappa shape index (κ2) is 6.90. The molecule has 1 aromatic carbocycles. The number of hydrogen-bond donors (Lipinski definition) is 1. The molecule has 2 heterocycles. The van der Waals surface area contributed by atoms with Crippen LogP contribution >= 0.6 is 22.9 Å². The van der Waals surface area contributed by atoms with E-state index in [2.05, 4.69) is 15.3 Å². The Morgan fingerprint density at radius 3 is 2.85 bits per heavy atom. The second-order valence-electron chi connectivity index (χ2n) is 6.31. The third-order valence-corrected chi connectivity index (χ3v) is 5.88. The van der Waals surface area contributed by atoms with Gasteiger partial charge in [-0.25, -0.2) is 9.78 Å². The fraction of sp³-hybridized carbons (Fsp3) is 0.263. The first-order valence-electron chi connectivity index (χ1n) is 8.46. The number of fused-ring (bicyclic) bond motifs is 2. The van der Waals surface area contributed by atoms with Crippen molar-refractivity contribution >= 4 is 50.8 Å². The van der Waals surface area contributed by atoms with Crippen LogP contribution in [0.4, 0.5) is 5.13 Å². The quantitative estimate of drug-likeness (QED) is 0.666. The first-order chi connectivity index (χ1) is 13.0. The minimum atomic E-state index is -0.465. The van der Waals surface area contributed by atoms with E-state index in [-0.39, 0.29) is 5.91 Å². The van der Waals surface area contributed by atoms with Gasteiger partial charge in [0.15, 0.2) is 5.13 Å². The van der Waals surface area contributed by atoms with Crippen LogP contribution in [0.3, 0.4) is 0 Å². The minimum absolute atomic E-state index is 0.270. The standard InChI is InChI=1S/C19H16ClN3O3S/c1-9-16(18(25)26-2)27-19(21-9)23-17(24)15-11-4-3-5-13(11)22-14-7-6-10(20)8-12(14)15/h6-8H,3-5H2,1-2H3,(H,21,23,24). The van der Waals surface area contributed by atoms with Gasteiger partial charge >= 0.3 is 5.97 Å². The summed E-state index contributed by atoms with van der Waals surface area (Å²) in [5.41, 5.74) is 3.78.